The van der Waals surface area contributed by atoms with E-state index in [2.05, 4.69) is 16.9 Å². The molecule has 1 saturated heterocycles. The molecule has 2 aromatic heterocycles. The maximum absolute atomic E-state index is 12.8. The maximum atomic E-state index is 12.8. The third-order valence-electron chi connectivity index (χ3n) is 4.15. The third-order valence-corrected chi connectivity index (χ3v) is 5.33. The lowest BCUT2D eigenvalue weighted by Gasteiger charge is -2.27. The van der Waals surface area contributed by atoms with Gasteiger partial charge in [0.05, 0.1) is 10.3 Å². The van der Waals surface area contributed by atoms with Crippen molar-refractivity contribution >= 4 is 27.5 Å². The summed E-state index contributed by atoms with van der Waals surface area (Å²) in [5.41, 5.74) is 0.643. The molecule has 1 aliphatic heterocycles. The van der Waals surface area contributed by atoms with Crippen molar-refractivity contribution in [1.29, 1.82) is 0 Å². The van der Waals surface area contributed by atoms with Crippen LogP contribution >= 0.6 is 11.3 Å². The molecule has 0 spiro atoms. The lowest BCUT2D eigenvalue weighted by atomic mass is 10.2. The molecule has 6 nitrogen and oxygen atoms in total. The molecule has 0 radical (unpaired) electrons. The van der Waals surface area contributed by atoms with Gasteiger partial charge in [0.15, 0.2) is 0 Å². The minimum Gasteiger partial charge on any atom is -0.335 e. The molecule has 0 aromatic carbocycles. The number of carbonyl (C=O) groups excluding carboxylic acids is 1. The van der Waals surface area contributed by atoms with E-state index in [1.54, 1.807) is 17.6 Å². The Bertz CT molecular complexity index is 831. The summed E-state index contributed by atoms with van der Waals surface area (Å²) in [4.78, 5) is 33.1. The summed E-state index contributed by atoms with van der Waals surface area (Å²) in [6.07, 6.45) is 1.68. The number of rotatable bonds is 3. The van der Waals surface area contributed by atoms with Crippen molar-refractivity contribution in [2.24, 2.45) is 0 Å². The van der Waals surface area contributed by atoms with E-state index in [9.17, 15) is 9.59 Å². The smallest absolute Gasteiger partial charge is 0.264 e. The van der Waals surface area contributed by atoms with E-state index in [0.29, 0.717) is 40.6 Å². The largest absolute Gasteiger partial charge is 0.335 e. The third kappa shape index (κ3) is 2.70. The highest BCUT2D eigenvalue weighted by atomic mass is 32.1. The highest BCUT2D eigenvalue weighted by molar-refractivity contribution is 7.20. The Hall–Kier alpha value is -1.99. The minimum atomic E-state index is -0.0967. The second-order valence-electron chi connectivity index (χ2n) is 5.64. The number of aryl methyl sites for hydroxylation is 2. The number of thiophene rings is 1. The van der Waals surface area contributed by atoms with Gasteiger partial charge in [-0.25, -0.2) is 4.98 Å². The van der Waals surface area contributed by atoms with E-state index in [1.165, 1.54) is 11.3 Å². The van der Waals surface area contributed by atoms with Crippen LogP contribution in [0.15, 0.2) is 17.4 Å². The van der Waals surface area contributed by atoms with Gasteiger partial charge >= 0.3 is 0 Å². The van der Waals surface area contributed by atoms with Gasteiger partial charge in [0.1, 0.15) is 10.7 Å². The van der Waals surface area contributed by atoms with E-state index in [-0.39, 0.29) is 11.5 Å². The second-order valence-corrected chi connectivity index (χ2v) is 6.64. The number of hydrogen-bond acceptors (Lipinski definition) is 5. The number of nitrogens with one attached hydrogen (secondary N) is 1. The van der Waals surface area contributed by atoms with Crippen LogP contribution < -0.4 is 10.9 Å². The van der Waals surface area contributed by atoms with E-state index < -0.39 is 0 Å². The Morgan fingerprint density at radius 3 is 2.74 bits per heavy atom. The van der Waals surface area contributed by atoms with Gasteiger partial charge in [-0.2, -0.15) is 0 Å². The summed E-state index contributed by atoms with van der Waals surface area (Å²) >= 11 is 1.32. The van der Waals surface area contributed by atoms with Gasteiger partial charge in [-0.15, -0.1) is 17.9 Å². The molecule has 2 aromatic rings. The van der Waals surface area contributed by atoms with Crippen molar-refractivity contribution in [2.45, 2.75) is 20.4 Å². The Balaban J connectivity index is 2.11. The van der Waals surface area contributed by atoms with Gasteiger partial charge in [0, 0.05) is 32.7 Å². The van der Waals surface area contributed by atoms with Crippen LogP contribution in [0.4, 0.5) is 0 Å². The molecule has 3 heterocycles. The number of allylic oxidation sites excluding steroid dienone is 1. The molecule has 1 amide bonds. The first kappa shape index (κ1) is 15.9. The number of piperazine rings is 1. The van der Waals surface area contributed by atoms with Gasteiger partial charge in [0.25, 0.3) is 11.5 Å². The summed E-state index contributed by atoms with van der Waals surface area (Å²) in [5, 5.41) is 3.79. The van der Waals surface area contributed by atoms with Crippen LogP contribution in [0.2, 0.25) is 0 Å². The fourth-order valence-corrected chi connectivity index (χ4v) is 4.06. The van der Waals surface area contributed by atoms with Crippen LogP contribution in [0.3, 0.4) is 0 Å². The first-order chi connectivity index (χ1) is 11.0. The molecule has 3 rings (SSSR count). The zero-order valence-corrected chi connectivity index (χ0v) is 14.2. The fourth-order valence-electron chi connectivity index (χ4n) is 2.88. The van der Waals surface area contributed by atoms with E-state index in [0.717, 1.165) is 18.7 Å². The molecule has 0 unspecified atom stereocenters. The number of fused-ring (bicyclic) bond motifs is 1. The summed E-state index contributed by atoms with van der Waals surface area (Å²) in [6, 6.07) is 0. The average Bonchev–Trinajstić information content (AvgIpc) is 2.88. The predicted octanol–water partition coefficient (Wildman–Crippen LogP) is 1.31. The zero-order chi connectivity index (χ0) is 16.6. The number of aromatic nitrogens is 2. The monoisotopic (exact) mass is 332 g/mol. The van der Waals surface area contributed by atoms with Gasteiger partial charge in [0.2, 0.25) is 0 Å². The Kier molecular flexibility index (Phi) is 4.32. The summed E-state index contributed by atoms with van der Waals surface area (Å²) < 4.78 is 1.59. The molecule has 1 fully saturated rings. The highest BCUT2D eigenvalue weighted by Gasteiger charge is 2.25. The van der Waals surface area contributed by atoms with Crippen LogP contribution in [0.5, 0.6) is 0 Å². The Morgan fingerprint density at radius 1 is 1.39 bits per heavy atom. The summed E-state index contributed by atoms with van der Waals surface area (Å²) in [6.45, 7) is 10.7. The number of nitrogens with zero attached hydrogens (tertiary/aromatic N) is 3. The fraction of sp³-hybridized carbons (Fsp3) is 0.438. The molecule has 0 bridgehead atoms. The van der Waals surface area contributed by atoms with Crippen LogP contribution in [-0.2, 0) is 6.54 Å². The Morgan fingerprint density at radius 2 is 2.09 bits per heavy atom. The standard InChI is InChI=1S/C16H20N4O2S/c1-4-7-20-11(3)18-14-12(15(20)21)10(2)13(23-14)16(22)19-8-5-17-6-9-19/h4,17H,1,5-9H2,2-3H3. The molecule has 0 aliphatic carbocycles. The van der Waals surface area contributed by atoms with Crippen molar-refractivity contribution in [1.82, 2.24) is 19.8 Å². The summed E-state index contributed by atoms with van der Waals surface area (Å²) in [5.74, 6) is 0.643. The van der Waals surface area contributed by atoms with Crippen molar-refractivity contribution in [3.63, 3.8) is 0 Å². The quantitative estimate of drug-likeness (QED) is 0.861. The predicted molar refractivity (Wildman–Crippen MR) is 92.3 cm³/mol. The second kappa shape index (κ2) is 6.25. The van der Waals surface area contributed by atoms with Gasteiger partial charge < -0.3 is 10.2 Å². The van der Waals surface area contributed by atoms with Crippen molar-refractivity contribution in [3.8, 4) is 0 Å². The zero-order valence-electron chi connectivity index (χ0n) is 13.4. The summed E-state index contributed by atoms with van der Waals surface area (Å²) in [7, 11) is 0. The molecule has 0 saturated carbocycles. The van der Waals surface area contributed by atoms with Crippen LogP contribution in [0, 0.1) is 13.8 Å². The molecule has 23 heavy (non-hydrogen) atoms. The van der Waals surface area contributed by atoms with Crippen molar-refractivity contribution in [2.75, 3.05) is 26.2 Å². The lowest BCUT2D eigenvalue weighted by molar-refractivity contribution is 0.0740. The first-order valence-corrected chi connectivity index (χ1v) is 8.47. The van der Waals surface area contributed by atoms with Crippen molar-refractivity contribution < 1.29 is 4.79 Å². The molecular formula is C16H20N4O2S. The van der Waals surface area contributed by atoms with E-state index >= 15 is 0 Å². The molecule has 122 valence electrons. The molecule has 1 aliphatic rings. The molecule has 1 N–H and O–H groups in total. The molecular weight excluding hydrogens is 312 g/mol. The normalized spacial score (nSPS) is 15.1. The Labute approximate surface area is 138 Å². The minimum absolute atomic E-state index is 0.000626. The topological polar surface area (TPSA) is 67.2 Å². The highest BCUT2D eigenvalue weighted by Crippen LogP contribution is 2.28. The van der Waals surface area contributed by atoms with Crippen LogP contribution in [0.25, 0.3) is 10.2 Å². The maximum Gasteiger partial charge on any atom is 0.264 e. The van der Waals surface area contributed by atoms with Gasteiger partial charge in [-0.3, -0.25) is 14.2 Å². The average molecular weight is 332 g/mol. The molecule has 0 atom stereocenters. The van der Waals surface area contributed by atoms with Crippen LogP contribution in [-0.4, -0.2) is 46.5 Å². The first-order valence-electron chi connectivity index (χ1n) is 7.66. The van der Waals surface area contributed by atoms with Crippen LogP contribution in [0.1, 0.15) is 21.1 Å². The number of amides is 1. The van der Waals surface area contributed by atoms with Gasteiger partial charge in [-0.1, -0.05) is 6.08 Å². The number of hydrogen-bond donors (Lipinski definition) is 1. The van der Waals surface area contributed by atoms with E-state index in [4.69, 9.17) is 0 Å². The lowest BCUT2D eigenvalue weighted by Crippen LogP contribution is -2.46. The van der Waals surface area contributed by atoms with Crippen molar-refractivity contribution in [3.05, 3.63) is 39.3 Å². The number of carbonyl (C=O) groups is 1. The SMILES string of the molecule is C=CCn1c(C)nc2sc(C(=O)N3CCNCC3)c(C)c2c1=O. The van der Waals surface area contributed by atoms with E-state index in [1.807, 2.05) is 11.8 Å². The van der Waals surface area contributed by atoms with Gasteiger partial charge in [-0.05, 0) is 19.4 Å². The molecule has 7 heteroatoms.